The third kappa shape index (κ3) is 3.82. The lowest BCUT2D eigenvalue weighted by atomic mass is 9.92. The number of fused-ring (bicyclic) bond motifs is 1. The van der Waals surface area contributed by atoms with Gasteiger partial charge in [0.05, 0.1) is 5.02 Å². The summed E-state index contributed by atoms with van der Waals surface area (Å²) >= 11 is 7.82. The van der Waals surface area contributed by atoms with Crippen LogP contribution in [0.3, 0.4) is 0 Å². The molecule has 1 aromatic carbocycles. The van der Waals surface area contributed by atoms with Crippen molar-refractivity contribution in [1.82, 2.24) is 10.3 Å². The molecule has 1 aliphatic heterocycles. The van der Waals surface area contributed by atoms with Crippen LogP contribution in [0.2, 0.25) is 5.02 Å². The van der Waals surface area contributed by atoms with Gasteiger partial charge in [-0.05, 0) is 48.6 Å². The normalized spacial score (nSPS) is 16.4. The molecule has 0 radical (unpaired) electrons. The number of carbonyl (C=O) groups is 2. The fraction of sp³-hybridized carbons (Fsp3) is 0.353. The first kappa shape index (κ1) is 17.8. The zero-order valence-electron chi connectivity index (χ0n) is 13.3. The first-order valence-electron chi connectivity index (χ1n) is 7.80. The molecule has 6 nitrogen and oxygen atoms in total. The number of carboxylic acids is 1. The highest BCUT2D eigenvalue weighted by atomic mass is 35.5. The van der Waals surface area contributed by atoms with Crippen molar-refractivity contribution in [2.75, 3.05) is 18.1 Å². The molecule has 8 heteroatoms. The number of thioether (sulfide) groups is 1. The number of nitrogens with one attached hydrogen (secondary N) is 1. The first-order valence-corrected chi connectivity index (χ1v) is 9.33. The number of benzene rings is 1. The lowest BCUT2D eigenvalue weighted by Crippen LogP contribution is -2.57. The SMILES string of the molecule is O=C(COc1ccc(Cl)c2cccnc12)NC1(C(=O)O)CCSCC1. The highest BCUT2D eigenvalue weighted by molar-refractivity contribution is 7.99. The number of ether oxygens (including phenoxy) is 1. The summed E-state index contributed by atoms with van der Waals surface area (Å²) in [5.41, 5.74) is -0.642. The lowest BCUT2D eigenvalue weighted by Gasteiger charge is -2.33. The Bertz CT molecular complexity index is 808. The maximum absolute atomic E-state index is 12.2. The van der Waals surface area contributed by atoms with Gasteiger partial charge in [0.25, 0.3) is 5.91 Å². The van der Waals surface area contributed by atoms with Crippen LogP contribution in [0, 0.1) is 0 Å². The van der Waals surface area contributed by atoms with Gasteiger partial charge in [-0.15, -0.1) is 0 Å². The molecule has 0 spiro atoms. The Morgan fingerprint density at radius 1 is 1.32 bits per heavy atom. The van der Waals surface area contributed by atoms with Gasteiger partial charge in [0, 0.05) is 11.6 Å². The van der Waals surface area contributed by atoms with E-state index in [4.69, 9.17) is 16.3 Å². The number of rotatable bonds is 5. The maximum Gasteiger partial charge on any atom is 0.329 e. The first-order chi connectivity index (χ1) is 12.0. The number of hydrogen-bond acceptors (Lipinski definition) is 5. The number of hydrogen-bond donors (Lipinski definition) is 2. The average molecular weight is 381 g/mol. The molecule has 1 amide bonds. The quantitative estimate of drug-likeness (QED) is 0.829. The van der Waals surface area contributed by atoms with E-state index in [1.54, 1.807) is 36.2 Å². The molecule has 0 bridgehead atoms. The summed E-state index contributed by atoms with van der Waals surface area (Å²) in [6.07, 6.45) is 2.43. The monoisotopic (exact) mass is 380 g/mol. The van der Waals surface area contributed by atoms with Crippen LogP contribution < -0.4 is 10.1 Å². The van der Waals surface area contributed by atoms with E-state index in [9.17, 15) is 14.7 Å². The van der Waals surface area contributed by atoms with Gasteiger partial charge in [0.2, 0.25) is 0 Å². The van der Waals surface area contributed by atoms with E-state index in [-0.39, 0.29) is 6.61 Å². The van der Waals surface area contributed by atoms with E-state index >= 15 is 0 Å². The number of aromatic nitrogens is 1. The topological polar surface area (TPSA) is 88.5 Å². The smallest absolute Gasteiger partial charge is 0.329 e. The number of amides is 1. The molecule has 0 saturated carbocycles. The predicted octanol–water partition coefficient (Wildman–Crippen LogP) is 2.73. The van der Waals surface area contributed by atoms with Crippen LogP contribution in [0.5, 0.6) is 5.75 Å². The molecular weight excluding hydrogens is 364 g/mol. The zero-order valence-corrected chi connectivity index (χ0v) is 14.9. The largest absolute Gasteiger partial charge is 0.481 e. The van der Waals surface area contributed by atoms with Gasteiger partial charge < -0.3 is 15.2 Å². The summed E-state index contributed by atoms with van der Waals surface area (Å²) in [5, 5.41) is 13.4. The van der Waals surface area contributed by atoms with Crippen molar-refractivity contribution in [2.45, 2.75) is 18.4 Å². The Balaban J connectivity index is 1.70. The van der Waals surface area contributed by atoms with Crippen molar-refractivity contribution < 1.29 is 19.4 Å². The average Bonchev–Trinajstić information content (AvgIpc) is 2.62. The molecule has 1 fully saturated rings. The third-order valence-electron chi connectivity index (χ3n) is 4.17. The molecule has 2 aromatic rings. The molecule has 0 atom stereocenters. The van der Waals surface area contributed by atoms with Gasteiger partial charge >= 0.3 is 5.97 Å². The number of aliphatic carboxylic acids is 1. The van der Waals surface area contributed by atoms with Crippen LogP contribution in [0.25, 0.3) is 10.9 Å². The van der Waals surface area contributed by atoms with Gasteiger partial charge in [-0.2, -0.15) is 11.8 Å². The molecule has 25 heavy (non-hydrogen) atoms. The van der Waals surface area contributed by atoms with E-state index in [1.165, 1.54) is 0 Å². The fourth-order valence-corrected chi connectivity index (χ4v) is 4.19. The van der Waals surface area contributed by atoms with Crippen molar-refractivity contribution >= 4 is 46.1 Å². The molecule has 3 rings (SSSR count). The summed E-state index contributed by atoms with van der Waals surface area (Å²) in [6, 6.07) is 6.91. The van der Waals surface area contributed by atoms with Crippen molar-refractivity contribution in [2.24, 2.45) is 0 Å². The number of halogens is 1. The Hall–Kier alpha value is -1.99. The van der Waals surface area contributed by atoms with Gasteiger partial charge in [-0.1, -0.05) is 11.6 Å². The van der Waals surface area contributed by atoms with Crippen LogP contribution in [0.1, 0.15) is 12.8 Å². The van der Waals surface area contributed by atoms with Crippen LogP contribution in [-0.2, 0) is 9.59 Å². The second-order valence-corrected chi connectivity index (χ2v) is 7.41. The fourth-order valence-electron chi connectivity index (χ4n) is 2.79. The zero-order chi connectivity index (χ0) is 17.9. The molecule has 1 saturated heterocycles. The van der Waals surface area contributed by atoms with E-state index in [1.807, 2.05) is 6.07 Å². The molecule has 1 aliphatic rings. The Kier molecular flexibility index (Phi) is 5.34. The molecule has 2 N–H and O–H groups in total. The minimum atomic E-state index is -1.20. The van der Waals surface area contributed by atoms with Crippen LogP contribution >= 0.6 is 23.4 Å². The predicted molar refractivity (Wildman–Crippen MR) is 97.3 cm³/mol. The molecule has 0 unspecified atom stereocenters. The summed E-state index contributed by atoms with van der Waals surface area (Å²) in [7, 11) is 0. The van der Waals surface area contributed by atoms with Crippen molar-refractivity contribution in [3.8, 4) is 5.75 Å². The second kappa shape index (κ2) is 7.49. The number of nitrogens with zero attached hydrogens (tertiary/aromatic N) is 1. The summed E-state index contributed by atoms with van der Waals surface area (Å²) in [5.74, 6) is 0.380. The summed E-state index contributed by atoms with van der Waals surface area (Å²) in [6.45, 7) is -0.282. The summed E-state index contributed by atoms with van der Waals surface area (Å²) < 4.78 is 5.57. The minimum Gasteiger partial charge on any atom is -0.481 e. The van der Waals surface area contributed by atoms with Crippen LogP contribution in [0.15, 0.2) is 30.5 Å². The highest BCUT2D eigenvalue weighted by Gasteiger charge is 2.41. The molecular formula is C17H17ClN2O4S. The number of carboxylic acid groups (broad SMARTS) is 1. The Morgan fingerprint density at radius 3 is 2.80 bits per heavy atom. The molecule has 132 valence electrons. The van der Waals surface area contributed by atoms with Gasteiger partial charge in [-0.25, -0.2) is 4.79 Å². The van der Waals surface area contributed by atoms with Crippen molar-refractivity contribution in [1.29, 1.82) is 0 Å². The van der Waals surface area contributed by atoms with Crippen molar-refractivity contribution in [3.05, 3.63) is 35.5 Å². The molecule has 1 aromatic heterocycles. The molecule has 0 aliphatic carbocycles. The highest BCUT2D eigenvalue weighted by Crippen LogP contribution is 2.30. The minimum absolute atomic E-state index is 0.282. The Labute approximate surface area is 153 Å². The van der Waals surface area contributed by atoms with E-state index in [2.05, 4.69) is 10.3 Å². The molecule has 2 heterocycles. The van der Waals surface area contributed by atoms with Gasteiger partial charge in [0.1, 0.15) is 16.8 Å². The van der Waals surface area contributed by atoms with Crippen LogP contribution in [-0.4, -0.2) is 45.6 Å². The van der Waals surface area contributed by atoms with Gasteiger partial charge in [0.15, 0.2) is 6.61 Å². The second-order valence-electron chi connectivity index (χ2n) is 5.78. The number of carbonyl (C=O) groups excluding carboxylic acids is 1. The summed E-state index contributed by atoms with van der Waals surface area (Å²) in [4.78, 5) is 28.1. The van der Waals surface area contributed by atoms with Crippen LogP contribution in [0.4, 0.5) is 0 Å². The van der Waals surface area contributed by atoms with E-state index in [0.29, 0.717) is 40.6 Å². The Morgan fingerprint density at radius 2 is 2.08 bits per heavy atom. The van der Waals surface area contributed by atoms with Crippen molar-refractivity contribution in [3.63, 3.8) is 0 Å². The van der Waals surface area contributed by atoms with Gasteiger partial charge in [-0.3, -0.25) is 9.78 Å². The van der Waals surface area contributed by atoms with E-state index < -0.39 is 17.4 Å². The standard InChI is InChI=1S/C17H17ClN2O4S/c18-12-3-4-13(15-11(12)2-1-7-19-15)24-10-14(21)20-17(16(22)23)5-8-25-9-6-17/h1-4,7H,5-6,8-10H2,(H,20,21)(H,22,23). The number of pyridine rings is 1. The third-order valence-corrected chi connectivity index (χ3v) is 5.49. The maximum atomic E-state index is 12.2. The van der Waals surface area contributed by atoms with E-state index in [0.717, 1.165) is 5.39 Å². The lowest BCUT2D eigenvalue weighted by molar-refractivity contribution is -0.148.